The lowest BCUT2D eigenvalue weighted by Gasteiger charge is -2.35. The van der Waals surface area contributed by atoms with Crippen molar-refractivity contribution in [3.05, 3.63) is 40.1 Å². The fraction of sp³-hybridized carbons (Fsp3) is 0.409. The summed E-state index contributed by atoms with van der Waals surface area (Å²) in [6.45, 7) is 10.4. The molecule has 0 radical (unpaired) electrons. The Balaban J connectivity index is 2.42. The molecule has 2 aromatic heterocycles. The maximum atomic E-state index is 13.3. The van der Waals surface area contributed by atoms with Crippen LogP contribution in [0.25, 0.3) is 21.5 Å². The van der Waals surface area contributed by atoms with Crippen LogP contribution in [0.5, 0.6) is 0 Å². The van der Waals surface area contributed by atoms with Crippen LogP contribution in [0.3, 0.4) is 0 Å². The van der Waals surface area contributed by atoms with Crippen molar-refractivity contribution in [1.29, 1.82) is 5.26 Å². The first kappa shape index (κ1) is 21.4. The molecule has 0 aliphatic carbocycles. The summed E-state index contributed by atoms with van der Waals surface area (Å²) in [7, 11) is 0. The number of fused-ring (bicyclic) bond motifs is 1. The second-order valence-electron chi connectivity index (χ2n) is 7.55. The van der Waals surface area contributed by atoms with Crippen LogP contribution in [0.15, 0.2) is 39.5 Å². The van der Waals surface area contributed by atoms with E-state index >= 15 is 0 Å². The lowest BCUT2D eigenvalue weighted by molar-refractivity contribution is 0.603. The van der Waals surface area contributed by atoms with Crippen molar-refractivity contribution < 1.29 is 0 Å². The molecule has 1 atom stereocenters. The molecule has 0 amide bonds. The lowest BCUT2D eigenvalue weighted by Crippen LogP contribution is -2.37. The van der Waals surface area contributed by atoms with Crippen LogP contribution < -0.4 is 10.5 Å². The first-order chi connectivity index (χ1) is 13.8. The third kappa shape index (κ3) is 3.92. The molecule has 7 heteroatoms. The smallest absolute Gasteiger partial charge is 0.262 e. The Morgan fingerprint density at radius 2 is 1.86 bits per heavy atom. The molecule has 5 nitrogen and oxygen atoms in total. The van der Waals surface area contributed by atoms with Crippen molar-refractivity contribution >= 4 is 39.7 Å². The summed E-state index contributed by atoms with van der Waals surface area (Å²) >= 11 is 3.13. The van der Waals surface area contributed by atoms with E-state index in [1.807, 2.05) is 11.4 Å². The van der Waals surface area contributed by atoms with E-state index in [0.29, 0.717) is 22.7 Å². The highest BCUT2D eigenvalue weighted by atomic mass is 32.2. The van der Waals surface area contributed by atoms with Gasteiger partial charge in [0, 0.05) is 33.9 Å². The molecule has 3 rings (SSSR count). The number of rotatable bonds is 6. The Hall–Kier alpha value is -2.30. The topological polar surface area (TPSA) is 61.9 Å². The third-order valence-electron chi connectivity index (χ3n) is 4.96. The van der Waals surface area contributed by atoms with Crippen molar-refractivity contribution in [2.75, 3.05) is 11.2 Å². The number of nitriles is 1. The van der Waals surface area contributed by atoms with E-state index < -0.39 is 6.04 Å². The largest absolute Gasteiger partial charge is 0.366 e. The highest BCUT2D eigenvalue weighted by molar-refractivity contribution is 7.98. The molecule has 0 aliphatic heterocycles. The van der Waals surface area contributed by atoms with E-state index in [2.05, 4.69) is 62.0 Å². The van der Waals surface area contributed by atoms with Crippen molar-refractivity contribution in [3.8, 4) is 16.6 Å². The number of anilines is 1. The molecule has 1 unspecified atom stereocenters. The minimum atomic E-state index is -0.579. The van der Waals surface area contributed by atoms with E-state index in [0.717, 1.165) is 21.5 Å². The molecule has 0 fully saturated rings. The van der Waals surface area contributed by atoms with Gasteiger partial charge >= 0.3 is 0 Å². The quantitative estimate of drug-likeness (QED) is 0.483. The monoisotopic (exact) mass is 426 g/mol. The number of hydrogen-bond donors (Lipinski definition) is 0. The molecule has 152 valence electrons. The van der Waals surface area contributed by atoms with Gasteiger partial charge in [0.05, 0.1) is 22.8 Å². The van der Waals surface area contributed by atoms with Gasteiger partial charge in [-0.25, -0.2) is 4.98 Å². The van der Waals surface area contributed by atoms with Crippen LogP contribution in [0.1, 0.15) is 40.7 Å². The summed E-state index contributed by atoms with van der Waals surface area (Å²) in [5.74, 6) is 0. The molecule has 3 aromatic rings. The Labute approximate surface area is 180 Å². The third-order valence-corrected chi connectivity index (χ3v) is 6.54. The van der Waals surface area contributed by atoms with Gasteiger partial charge in [-0.1, -0.05) is 0 Å². The minimum absolute atomic E-state index is 0.176. The maximum Gasteiger partial charge on any atom is 0.262 e. The van der Waals surface area contributed by atoms with Crippen molar-refractivity contribution in [2.24, 2.45) is 0 Å². The first-order valence-electron chi connectivity index (χ1n) is 9.65. The Morgan fingerprint density at radius 3 is 2.38 bits per heavy atom. The molecule has 0 saturated heterocycles. The van der Waals surface area contributed by atoms with Crippen LogP contribution in [-0.2, 0) is 0 Å². The summed E-state index contributed by atoms with van der Waals surface area (Å²) in [6.07, 6.45) is 3.76. The summed E-state index contributed by atoms with van der Waals surface area (Å²) < 4.78 is 1.61. The van der Waals surface area contributed by atoms with Crippen molar-refractivity contribution in [1.82, 2.24) is 9.55 Å². The molecule has 0 saturated carbocycles. The average Bonchev–Trinajstić information content (AvgIpc) is 3.20. The predicted molar refractivity (Wildman–Crippen MR) is 124 cm³/mol. The van der Waals surface area contributed by atoms with Gasteiger partial charge in [0.15, 0.2) is 0 Å². The number of nitrogens with zero attached hydrogens (tertiary/aromatic N) is 4. The summed E-state index contributed by atoms with van der Waals surface area (Å²) in [5.41, 5.74) is 2.24. The molecule has 2 heterocycles. The van der Waals surface area contributed by atoms with Crippen LogP contribution in [0.2, 0.25) is 0 Å². The number of hydrogen-bond acceptors (Lipinski definition) is 6. The summed E-state index contributed by atoms with van der Waals surface area (Å²) in [6, 6.07) is 8.38. The van der Waals surface area contributed by atoms with Crippen LogP contribution in [-0.4, -0.2) is 27.9 Å². The number of benzene rings is 1. The Morgan fingerprint density at radius 1 is 1.17 bits per heavy atom. The van der Waals surface area contributed by atoms with Gasteiger partial charge < -0.3 is 4.90 Å². The van der Waals surface area contributed by atoms with Gasteiger partial charge in [-0.3, -0.25) is 9.36 Å². The highest BCUT2D eigenvalue weighted by Crippen LogP contribution is 2.36. The number of thiazole rings is 1. The van der Waals surface area contributed by atoms with Gasteiger partial charge in [0.25, 0.3) is 5.56 Å². The van der Waals surface area contributed by atoms with Crippen LogP contribution in [0.4, 0.5) is 5.69 Å². The number of thioether (sulfide) groups is 1. The first-order valence-corrected chi connectivity index (χ1v) is 11.8. The molecule has 0 N–H and O–H groups in total. The summed E-state index contributed by atoms with van der Waals surface area (Å²) in [5, 5.41) is 13.1. The fourth-order valence-electron chi connectivity index (χ4n) is 3.82. The zero-order valence-corrected chi connectivity index (χ0v) is 19.3. The van der Waals surface area contributed by atoms with Crippen molar-refractivity contribution in [2.45, 2.75) is 57.6 Å². The SMILES string of the molecule is CSc1cc2cc(-c3nccs3)c(=O)n(C(C)C#N)c2cc1N(C(C)C)C(C)C. The molecule has 0 spiro atoms. The lowest BCUT2D eigenvalue weighted by atomic mass is 10.1. The van der Waals surface area contributed by atoms with Gasteiger partial charge in [-0.05, 0) is 59.1 Å². The average molecular weight is 427 g/mol. The molecule has 1 aromatic carbocycles. The van der Waals surface area contributed by atoms with E-state index in [1.165, 1.54) is 11.3 Å². The van der Waals surface area contributed by atoms with Gasteiger partial charge in [-0.2, -0.15) is 5.26 Å². The van der Waals surface area contributed by atoms with Gasteiger partial charge in [-0.15, -0.1) is 23.1 Å². The molecule has 0 aliphatic rings. The minimum Gasteiger partial charge on any atom is -0.366 e. The standard InChI is InChI=1S/C22H26N4OS2/c1-13(2)25(14(3)4)19-11-18-16(10-20(19)28-6)9-17(21-24-7-8-29-21)22(27)26(18)15(5)12-23/h7-11,13-15H,1-6H3. The molecular weight excluding hydrogens is 400 g/mol. The Bertz CT molecular complexity index is 1100. The second kappa shape index (κ2) is 8.60. The molecule has 29 heavy (non-hydrogen) atoms. The van der Waals surface area contributed by atoms with Gasteiger partial charge in [0.1, 0.15) is 11.0 Å². The highest BCUT2D eigenvalue weighted by Gasteiger charge is 2.22. The molecule has 0 bridgehead atoms. The van der Waals surface area contributed by atoms with Gasteiger partial charge in [0.2, 0.25) is 0 Å². The van der Waals surface area contributed by atoms with Crippen LogP contribution in [0, 0.1) is 11.3 Å². The Kier molecular flexibility index (Phi) is 6.35. The van der Waals surface area contributed by atoms with E-state index in [1.54, 1.807) is 29.4 Å². The fourth-order valence-corrected chi connectivity index (χ4v) is 5.09. The number of pyridine rings is 1. The maximum absolute atomic E-state index is 13.3. The second-order valence-corrected chi connectivity index (χ2v) is 9.30. The van der Waals surface area contributed by atoms with E-state index in [-0.39, 0.29) is 5.56 Å². The molecular formula is C22H26N4OS2. The summed E-state index contributed by atoms with van der Waals surface area (Å²) in [4.78, 5) is 21.2. The predicted octanol–water partition coefficient (Wildman–Crippen LogP) is 5.55. The number of aromatic nitrogens is 2. The van der Waals surface area contributed by atoms with E-state index in [9.17, 15) is 10.1 Å². The van der Waals surface area contributed by atoms with Crippen LogP contribution >= 0.6 is 23.1 Å². The normalized spacial score (nSPS) is 12.5. The van der Waals surface area contributed by atoms with Crippen molar-refractivity contribution in [3.63, 3.8) is 0 Å². The zero-order valence-electron chi connectivity index (χ0n) is 17.6. The van der Waals surface area contributed by atoms with E-state index in [4.69, 9.17) is 0 Å². The zero-order chi connectivity index (χ0) is 21.3.